The number of aromatic carboxylic acids is 1. The zero-order chi connectivity index (χ0) is 12.1. The number of hydrogen-bond donors (Lipinski definition) is 1. The number of halogens is 1. The molecule has 4 heteroatoms. The molecule has 0 saturated heterocycles. The number of carboxylic acids is 1. The second kappa shape index (κ2) is 5.49. The van der Waals surface area contributed by atoms with Gasteiger partial charge in [0.15, 0.2) is 0 Å². The van der Waals surface area contributed by atoms with Gasteiger partial charge in [0.05, 0.1) is 6.61 Å². The van der Waals surface area contributed by atoms with Gasteiger partial charge in [-0.15, -0.1) is 0 Å². The normalized spacial score (nSPS) is 10.2. The van der Waals surface area contributed by atoms with E-state index in [1.165, 1.54) is 6.07 Å². The first kappa shape index (κ1) is 12.5. The summed E-state index contributed by atoms with van der Waals surface area (Å²) in [6.45, 7) is 4.10. The summed E-state index contributed by atoms with van der Waals surface area (Å²) in [4.78, 5) is 10.9. The molecule has 1 rings (SSSR count). The Kier molecular flexibility index (Phi) is 4.28. The first-order valence-corrected chi connectivity index (χ1v) is 5.22. The van der Waals surface area contributed by atoms with Crippen molar-refractivity contribution in [2.24, 2.45) is 0 Å². The first-order chi connectivity index (χ1) is 7.56. The van der Waals surface area contributed by atoms with Crippen LogP contribution in [0.15, 0.2) is 12.1 Å². The molecule has 1 aromatic carbocycles. The molecule has 3 nitrogen and oxygen atoms in total. The van der Waals surface area contributed by atoms with Gasteiger partial charge < -0.3 is 9.84 Å². The third-order valence-corrected chi connectivity index (χ3v) is 2.17. The molecule has 0 spiro atoms. The Morgan fingerprint density at radius 1 is 1.50 bits per heavy atom. The van der Waals surface area contributed by atoms with Gasteiger partial charge in [-0.1, -0.05) is 13.3 Å². The Bertz CT molecular complexity index is 388. The summed E-state index contributed by atoms with van der Waals surface area (Å²) >= 11 is 0. The quantitative estimate of drug-likeness (QED) is 0.785. The monoisotopic (exact) mass is 226 g/mol. The number of hydrogen-bond acceptors (Lipinski definition) is 2. The van der Waals surface area contributed by atoms with Crippen LogP contribution in [-0.4, -0.2) is 17.7 Å². The molecule has 0 unspecified atom stereocenters. The van der Waals surface area contributed by atoms with Crippen molar-refractivity contribution in [3.8, 4) is 5.75 Å². The summed E-state index contributed by atoms with van der Waals surface area (Å²) in [5.74, 6) is -1.94. The Morgan fingerprint density at radius 2 is 2.19 bits per heavy atom. The molecular formula is C12H15FO3. The molecule has 0 amide bonds. The van der Waals surface area contributed by atoms with E-state index >= 15 is 0 Å². The predicted octanol–water partition coefficient (Wildman–Crippen LogP) is 3.01. The van der Waals surface area contributed by atoms with Crippen LogP contribution in [0.1, 0.15) is 35.7 Å². The lowest BCUT2D eigenvalue weighted by Crippen LogP contribution is -2.07. The molecule has 0 radical (unpaired) electrons. The Balaban J connectivity index is 2.99. The van der Waals surface area contributed by atoms with Crippen LogP contribution >= 0.6 is 0 Å². The molecule has 0 aromatic heterocycles. The number of carbonyl (C=O) groups is 1. The summed E-state index contributed by atoms with van der Waals surface area (Å²) in [5, 5.41) is 8.87. The first-order valence-electron chi connectivity index (χ1n) is 5.22. The van der Waals surface area contributed by atoms with E-state index in [9.17, 15) is 9.18 Å². The topological polar surface area (TPSA) is 46.5 Å². The minimum Gasteiger partial charge on any atom is -0.493 e. The highest BCUT2D eigenvalue weighted by molar-refractivity contribution is 5.91. The summed E-state index contributed by atoms with van der Waals surface area (Å²) in [6, 6.07) is 2.73. The fourth-order valence-electron chi connectivity index (χ4n) is 1.36. The van der Waals surface area contributed by atoms with E-state index in [-0.39, 0.29) is 11.3 Å². The Morgan fingerprint density at radius 3 is 2.75 bits per heavy atom. The van der Waals surface area contributed by atoms with Gasteiger partial charge >= 0.3 is 5.97 Å². The van der Waals surface area contributed by atoms with Crippen LogP contribution in [0.3, 0.4) is 0 Å². The molecule has 88 valence electrons. The minimum absolute atomic E-state index is 0.110. The average Bonchev–Trinajstić information content (AvgIpc) is 2.16. The molecule has 0 bridgehead atoms. The van der Waals surface area contributed by atoms with Crippen LogP contribution < -0.4 is 4.74 Å². The second-order valence-electron chi connectivity index (χ2n) is 3.63. The van der Waals surface area contributed by atoms with Crippen LogP contribution in [0.5, 0.6) is 5.75 Å². The van der Waals surface area contributed by atoms with Crippen molar-refractivity contribution in [1.29, 1.82) is 0 Å². The SMILES string of the molecule is CCCCOc1cc(C)cc(F)c1C(=O)O. The standard InChI is InChI=1S/C12H15FO3/c1-3-4-5-16-10-7-8(2)6-9(13)11(10)12(14)15/h6-7H,3-5H2,1-2H3,(H,14,15). The average molecular weight is 226 g/mol. The minimum atomic E-state index is -1.30. The van der Waals surface area contributed by atoms with Crippen molar-refractivity contribution in [2.75, 3.05) is 6.61 Å². The molecule has 0 aliphatic rings. The van der Waals surface area contributed by atoms with Crippen LogP contribution in [-0.2, 0) is 0 Å². The smallest absolute Gasteiger partial charge is 0.342 e. The highest BCUT2D eigenvalue weighted by Crippen LogP contribution is 2.24. The van der Waals surface area contributed by atoms with E-state index < -0.39 is 11.8 Å². The summed E-state index contributed by atoms with van der Waals surface area (Å²) in [7, 11) is 0. The molecule has 0 aliphatic heterocycles. The number of rotatable bonds is 5. The second-order valence-corrected chi connectivity index (χ2v) is 3.63. The van der Waals surface area contributed by atoms with E-state index in [1.54, 1.807) is 13.0 Å². The van der Waals surface area contributed by atoms with E-state index in [1.807, 2.05) is 6.92 Å². The van der Waals surface area contributed by atoms with Crippen LogP contribution in [0.25, 0.3) is 0 Å². The fraction of sp³-hybridized carbons (Fsp3) is 0.417. The van der Waals surface area contributed by atoms with Crippen molar-refractivity contribution < 1.29 is 19.0 Å². The lowest BCUT2D eigenvalue weighted by atomic mass is 10.1. The maximum Gasteiger partial charge on any atom is 0.342 e. The lowest BCUT2D eigenvalue weighted by molar-refractivity contribution is 0.0687. The van der Waals surface area contributed by atoms with Crippen molar-refractivity contribution in [3.63, 3.8) is 0 Å². The van der Waals surface area contributed by atoms with Gasteiger partial charge in [-0.25, -0.2) is 9.18 Å². The van der Waals surface area contributed by atoms with Gasteiger partial charge in [-0.2, -0.15) is 0 Å². The van der Waals surface area contributed by atoms with Crippen molar-refractivity contribution in [3.05, 3.63) is 29.1 Å². The third kappa shape index (κ3) is 2.95. The van der Waals surface area contributed by atoms with Gasteiger partial charge in [-0.05, 0) is 31.0 Å². The molecular weight excluding hydrogens is 211 g/mol. The highest BCUT2D eigenvalue weighted by atomic mass is 19.1. The lowest BCUT2D eigenvalue weighted by Gasteiger charge is -2.10. The number of carboxylic acid groups (broad SMARTS) is 1. The largest absolute Gasteiger partial charge is 0.493 e. The molecule has 0 saturated carbocycles. The van der Waals surface area contributed by atoms with E-state index in [2.05, 4.69) is 0 Å². The van der Waals surface area contributed by atoms with Gasteiger partial charge in [0.25, 0.3) is 0 Å². The van der Waals surface area contributed by atoms with Gasteiger partial charge in [0.1, 0.15) is 17.1 Å². The van der Waals surface area contributed by atoms with Gasteiger partial charge in [0, 0.05) is 0 Å². The number of ether oxygens (including phenoxy) is 1. The zero-order valence-electron chi connectivity index (χ0n) is 9.42. The molecule has 0 fully saturated rings. The molecule has 0 aliphatic carbocycles. The van der Waals surface area contributed by atoms with E-state index in [0.717, 1.165) is 12.8 Å². The van der Waals surface area contributed by atoms with Gasteiger partial charge in [0.2, 0.25) is 0 Å². The summed E-state index contributed by atoms with van der Waals surface area (Å²) in [6.07, 6.45) is 1.76. The number of benzene rings is 1. The Labute approximate surface area is 93.9 Å². The number of unbranched alkanes of at least 4 members (excludes halogenated alkanes) is 1. The van der Waals surface area contributed by atoms with E-state index in [4.69, 9.17) is 9.84 Å². The number of aryl methyl sites for hydroxylation is 1. The van der Waals surface area contributed by atoms with Crippen LogP contribution in [0.2, 0.25) is 0 Å². The zero-order valence-corrected chi connectivity index (χ0v) is 9.42. The van der Waals surface area contributed by atoms with Crippen molar-refractivity contribution in [2.45, 2.75) is 26.7 Å². The Hall–Kier alpha value is -1.58. The highest BCUT2D eigenvalue weighted by Gasteiger charge is 2.17. The van der Waals surface area contributed by atoms with Crippen LogP contribution in [0.4, 0.5) is 4.39 Å². The molecule has 16 heavy (non-hydrogen) atoms. The maximum atomic E-state index is 13.4. The fourth-order valence-corrected chi connectivity index (χ4v) is 1.36. The summed E-state index contributed by atoms with van der Waals surface area (Å²) < 4.78 is 18.7. The van der Waals surface area contributed by atoms with Crippen LogP contribution in [0, 0.1) is 12.7 Å². The van der Waals surface area contributed by atoms with E-state index in [0.29, 0.717) is 12.2 Å². The van der Waals surface area contributed by atoms with Gasteiger partial charge in [-0.3, -0.25) is 0 Å². The molecule has 0 heterocycles. The molecule has 1 aromatic rings. The predicted molar refractivity (Wildman–Crippen MR) is 58.5 cm³/mol. The summed E-state index contributed by atoms with van der Waals surface area (Å²) in [5.41, 5.74) is 0.260. The molecule has 1 N–H and O–H groups in total. The maximum absolute atomic E-state index is 13.4. The molecule has 0 atom stereocenters. The van der Waals surface area contributed by atoms with Crippen molar-refractivity contribution >= 4 is 5.97 Å². The third-order valence-electron chi connectivity index (χ3n) is 2.17. The van der Waals surface area contributed by atoms with Crippen molar-refractivity contribution in [1.82, 2.24) is 0 Å².